The highest BCUT2D eigenvalue weighted by atomic mass is 31.2. The second kappa shape index (κ2) is 2.30. The van der Waals surface area contributed by atoms with Gasteiger partial charge in [0.2, 0.25) is 0 Å². The molecule has 2 aliphatic rings. The van der Waals surface area contributed by atoms with Crippen LogP contribution in [0.3, 0.4) is 0 Å². The Kier molecular flexibility index (Phi) is 1.62. The van der Waals surface area contributed by atoms with Gasteiger partial charge in [-0.05, 0) is 6.92 Å². The van der Waals surface area contributed by atoms with Crippen molar-refractivity contribution in [3.8, 4) is 0 Å². The van der Waals surface area contributed by atoms with Crippen LogP contribution in [0.15, 0.2) is 0 Å². The summed E-state index contributed by atoms with van der Waals surface area (Å²) in [5.41, 5.74) is -0.272. The monoisotopic (exact) mass is 178 g/mol. The van der Waals surface area contributed by atoms with E-state index in [4.69, 9.17) is 13.6 Å². The highest BCUT2D eigenvalue weighted by Crippen LogP contribution is 2.59. The molecule has 0 atom stereocenters. The number of rotatable bonds is 0. The molecule has 2 bridgehead atoms. The normalized spacial score (nSPS) is 50.6. The fourth-order valence-electron chi connectivity index (χ4n) is 1.32. The Hall–Kier alpha value is 0.110. The molecule has 11 heavy (non-hydrogen) atoms. The standard InChI is InChI=1S/C6H11O4P/c1-6-2-4-8-11(7,10-6)9-5-3-6/h2-5H2,1H3. The van der Waals surface area contributed by atoms with Crippen molar-refractivity contribution < 1.29 is 18.1 Å². The van der Waals surface area contributed by atoms with Gasteiger partial charge in [0.05, 0.1) is 18.8 Å². The largest absolute Gasteiger partial charge is 0.475 e. The highest BCUT2D eigenvalue weighted by Gasteiger charge is 2.46. The Morgan fingerprint density at radius 3 is 2.18 bits per heavy atom. The van der Waals surface area contributed by atoms with Crippen molar-refractivity contribution in [3.05, 3.63) is 0 Å². The van der Waals surface area contributed by atoms with Crippen LogP contribution in [0.25, 0.3) is 0 Å². The lowest BCUT2D eigenvalue weighted by Gasteiger charge is -2.40. The fraction of sp³-hybridized carbons (Fsp3) is 1.00. The van der Waals surface area contributed by atoms with Crippen LogP contribution in [0.2, 0.25) is 0 Å². The molecule has 2 saturated heterocycles. The van der Waals surface area contributed by atoms with Crippen LogP contribution >= 0.6 is 7.82 Å². The Bertz CT molecular complexity index is 201. The molecule has 0 aliphatic carbocycles. The molecule has 4 nitrogen and oxygen atoms in total. The van der Waals surface area contributed by atoms with Crippen LogP contribution < -0.4 is 0 Å². The summed E-state index contributed by atoms with van der Waals surface area (Å²) < 4.78 is 26.4. The van der Waals surface area contributed by atoms with E-state index in [0.29, 0.717) is 13.2 Å². The molecular formula is C6H11O4P. The first-order valence-electron chi connectivity index (χ1n) is 3.72. The van der Waals surface area contributed by atoms with Gasteiger partial charge in [-0.2, -0.15) is 0 Å². The van der Waals surface area contributed by atoms with Gasteiger partial charge in [0.1, 0.15) is 0 Å². The van der Waals surface area contributed by atoms with E-state index in [1.54, 1.807) is 0 Å². The summed E-state index contributed by atoms with van der Waals surface area (Å²) in [4.78, 5) is 0. The molecule has 0 aromatic heterocycles. The molecule has 64 valence electrons. The third-order valence-electron chi connectivity index (χ3n) is 2.09. The Morgan fingerprint density at radius 1 is 1.27 bits per heavy atom. The summed E-state index contributed by atoms with van der Waals surface area (Å²) >= 11 is 0. The molecule has 0 spiro atoms. The molecule has 0 radical (unpaired) electrons. The summed E-state index contributed by atoms with van der Waals surface area (Å²) in [6.45, 7) is 2.91. The van der Waals surface area contributed by atoms with Crippen LogP contribution in [0, 0.1) is 0 Å². The molecule has 2 fully saturated rings. The topological polar surface area (TPSA) is 44.8 Å². The van der Waals surface area contributed by atoms with E-state index in [0.717, 1.165) is 12.8 Å². The number of phosphoric acid groups is 1. The first-order valence-corrected chi connectivity index (χ1v) is 5.18. The van der Waals surface area contributed by atoms with Crippen molar-refractivity contribution in [1.29, 1.82) is 0 Å². The molecule has 0 aromatic carbocycles. The van der Waals surface area contributed by atoms with E-state index >= 15 is 0 Å². The number of phosphoric ester groups is 1. The van der Waals surface area contributed by atoms with E-state index < -0.39 is 7.82 Å². The van der Waals surface area contributed by atoms with Crippen LogP contribution in [-0.4, -0.2) is 18.8 Å². The minimum absolute atomic E-state index is 0.272. The lowest BCUT2D eigenvalue weighted by molar-refractivity contribution is -0.0727. The summed E-state index contributed by atoms with van der Waals surface area (Å²) in [7, 11) is -3.13. The van der Waals surface area contributed by atoms with E-state index in [1.807, 2.05) is 6.92 Å². The van der Waals surface area contributed by atoms with Crippen molar-refractivity contribution in [3.63, 3.8) is 0 Å². The van der Waals surface area contributed by atoms with Gasteiger partial charge in [-0.15, -0.1) is 0 Å². The van der Waals surface area contributed by atoms with Crippen molar-refractivity contribution in [2.75, 3.05) is 13.2 Å². The van der Waals surface area contributed by atoms with Gasteiger partial charge < -0.3 is 0 Å². The zero-order valence-electron chi connectivity index (χ0n) is 6.41. The second-order valence-electron chi connectivity index (χ2n) is 3.15. The number of fused-ring (bicyclic) bond motifs is 2. The Labute approximate surface area is 65.4 Å². The first kappa shape index (κ1) is 7.74. The Morgan fingerprint density at radius 2 is 1.82 bits per heavy atom. The average Bonchev–Trinajstić information content (AvgIpc) is 1.83. The summed E-state index contributed by atoms with van der Waals surface area (Å²) in [5, 5.41) is 0. The molecule has 2 rings (SSSR count). The summed E-state index contributed by atoms with van der Waals surface area (Å²) in [5.74, 6) is 0. The van der Waals surface area contributed by atoms with Gasteiger partial charge in [0.15, 0.2) is 0 Å². The molecule has 2 aliphatic heterocycles. The summed E-state index contributed by atoms with van der Waals surface area (Å²) in [6, 6.07) is 0. The molecule has 0 amide bonds. The minimum Gasteiger partial charge on any atom is -0.287 e. The third kappa shape index (κ3) is 1.36. The second-order valence-corrected chi connectivity index (χ2v) is 4.75. The lowest BCUT2D eigenvalue weighted by Crippen LogP contribution is -2.38. The van der Waals surface area contributed by atoms with E-state index in [2.05, 4.69) is 0 Å². The SMILES string of the molecule is CC12CCOP(=O)(OCC1)O2. The highest BCUT2D eigenvalue weighted by molar-refractivity contribution is 7.48. The van der Waals surface area contributed by atoms with Gasteiger partial charge in [0, 0.05) is 12.8 Å². The predicted molar refractivity (Wildman–Crippen MR) is 38.2 cm³/mol. The van der Waals surface area contributed by atoms with Crippen molar-refractivity contribution in [1.82, 2.24) is 0 Å². The van der Waals surface area contributed by atoms with E-state index in [9.17, 15) is 4.57 Å². The summed E-state index contributed by atoms with van der Waals surface area (Å²) in [6.07, 6.45) is 1.61. The van der Waals surface area contributed by atoms with Crippen LogP contribution in [0.5, 0.6) is 0 Å². The first-order chi connectivity index (χ1) is 5.12. The molecule has 0 saturated carbocycles. The molecule has 5 heteroatoms. The Balaban J connectivity index is 2.23. The maximum Gasteiger partial charge on any atom is 0.475 e. The molecule has 0 unspecified atom stereocenters. The molecule has 0 N–H and O–H groups in total. The van der Waals surface area contributed by atoms with Crippen LogP contribution in [-0.2, 0) is 18.1 Å². The molecular weight excluding hydrogens is 167 g/mol. The van der Waals surface area contributed by atoms with Crippen molar-refractivity contribution in [2.24, 2.45) is 0 Å². The average molecular weight is 178 g/mol. The molecule has 2 heterocycles. The zero-order valence-corrected chi connectivity index (χ0v) is 7.30. The maximum absolute atomic E-state index is 11.4. The van der Waals surface area contributed by atoms with Crippen molar-refractivity contribution in [2.45, 2.75) is 25.4 Å². The van der Waals surface area contributed by atoms with Gasteiger partial charge in [-0.3, -0.25) is 13.6 Å². The molecule has 0 aromatic rings. The minimum atomic E-state index is -3.13. The smallest absolute Gasteiger partial charge is 0.287 e. The van der Waals surface area contributed by atoms with E-state index in [1.165, 1.54) is 0 Å². The van der Waals surface area contributed by atoms with Gasteiger partial charge in [-0.1, -0.05) is 0 Å². The maximum atomic E-state index is 11.4. The fourth-order valence-corrected chi connectivity index (χ4v) is 2.86. The van der Waals surface area contributed by atoms with Crippen LogP contribution in [0.4, 0.5) is 0 Å². The zero-order chi connectivity index (χ0) is 7.95. The predicted octanol–water partition coefficient (Wildman–Crippen LogP) is 1.71. The van der Waals surface area contributed by atoms with Crippen molar-refractivity contribution >= 4 is 7.82 Å². The van der Waals surface area contributed by atoms with Gasteiger partial charge >= 0.3 is 7.82 Å². The lowest BCUT2D eigenvalue weighted by atomic mass is 9.99. The third-order valence-corrected chi connectivity index (χ3v) is 3.75. The quantitative estimate of drug-likeness (QED) is 0.529. The van der Waals surface area contributed by atoms with Gasteiger partial charge in [0.25, 0.3) is 0 Å². The van der Waals surface area contributed by atoms with Crippen LogP contribution in [0.1, 0.15) is 19.8 Å². The number of hydrogen-bond donors (Lipinski definition) is 0. The van der Waals surface area contributed by atoms with E-state index in [-0.39, 0.29) is 5.60 Å². The van der Waals surface area contributed by atoms with Gasteiger partial charge in [-0.25, -0.2) is 4.57 Å². The number of hydrogen-bond acceptors (Lipinski definition) is 4.